The molecule has 0 radical (unpaired) electrons. The number of ether oxygens (including phenoxy) is 1. The Kier molecular flexibility index (Phi) is 5.34. The normalized spacial score (nSPS) is 24.9. The molecule has 1 unspecified atom stereocenters. The quantitative estimate of drug-likeness (QED) is 0.834. The molecule has 1 aliphatic carbocycles. The molecule has 0 amide bonds. The number of halogens is 2. The molecule has 0 aliphatic heterocycles. The summed E-state index contributed by atoms with van der Waals surface area (Å²) in [6.07, 6.45) is 3.91. The maximum atomic E-state index is 6.21. The molecular weight excluding hydrogens is 289 g/mol. The van der Waals surface area contributed by atoms with Crippen molar-refractivity contribution in [3.63, 3.8) is 0 Å². The van der Waals surface area contributed by atoms with Crippen LogP contribution in [0.5, 0.6) is 0 Å². The minimum atomic E-state index is 0.300. The van der Waals surface area contributed by atoms with Crippen LogP contribution < -0.4 is 5.32 Å². The van der Waals surface area contributed by atoms with Crippen LogP contribution >= 0.6 is 34.5 Å². The van der Waals surface area contributed by atoms with E-state index in [9.17, 15) is 0 Å². The van der Waals surface area contributed by atoms with Gasteiger partial charge in [-0.05, 0) is 45.2 Å². The van der Waals surface area contributed by atoms with Crippen molar-refractivity contribution in [2.45, 2.75) is 38.3 Å². The van der Waals surface area contributed by atoms with Crippen molar-refractivity contribution in [1.29, 1.82) is 0 Å². The zero-order valence-electron chi connectivity index (χ0n) is 10.7. The summed E-state index contributed by atoms with van der Waals surface area (Å²) < 4.78 is 7.16. The van der Waals surface area contributed by atoms with Crippen LogP contribution in [0.25, 0.3) is 0 Å². The van der Waals surface area contributed by atoms with Gasteiger partial charge in [-0.15, -0.1) is 11.3 Å². The second kappa shape index (κ2) is 6.58. The van der Waals surface area contributed by atoms with Gasteiger partial charge < -0.3 is 10.1 Å². The van der Waals surface area contributed by atoms with Gasteiger partial charge in [-0.3, -0.25) is 0 Å². The van der Waals surface area contributed by atoms with Crippen molar-refractivity contribution in [3.8, 4) is 0 Å². The Hall–Kier alpha value is 0.200. The Morgan fingerprint density at radius 1 is 1.50 bits per heavy atom. The van der Waals surface area contributed by atoms with Crippen molar-refractivity contribution in [2.24, 2.45) is 5.92 Å². The van der Waals surface area contributed by atoms with Crippen LogP contribution in [-0.2, 0) is 4.74 Å². The lowest BCUT2D eigenvalue weighted by Crippen LogP contribution is -2.34. The lowest BCUT2D eigenvalue weighted by Gasteiger charge is -2.37. The molecule has 102 valence electrons. The predicted molar refractivity (Wildman–Crippen MR) is 78.9 cm³/mol. The third-order valence-corrected chi connectivity index (χ3v) is 5.09. The molecule has 2 nitrogen and oxygen atoms in total. The van der Waals surface area contributed by atoms with Crippen LogP contribution in [0.15, 0.2) is 6.07 Å². The van der Waals surface area contributed by atoms with Gasteiger partial charge in [0.25, 0.3) is 0 Å². The van der Waals surface area contributed by atoms with E-state index in [0.29, 0.717) is 12.1 Å². The van der Waals surface area contributed by atoms with Gasteiger partial charge in [0.2, 0.25) is 0 Å². The smallest absolute Gasteiger partial charge is 0.0991 e. The minimum absolute atomic E-state index is 0.300. The van der Waals surface area contributed by atoms with Crippen molar-refractivity contribution < 1.29 is 4.74 Å². The van der Waals surface area contributed by atoms with Crippen molar-refractivity contribution >= 4 is 34.5 Å². The van der Waals surface area contributed by atoms with E-state index in [-0.39, 0.29) is 0 Å². The van der Waals surface area contributed by atoms with E-state index in [4.69, 9.17) is 27.9 Å². The molecule has 0 bridgehead atoms. The Labute approximate surface area is 123 Å². The minimum Gasteiger partial charge on any atom is -0.378 e. The van der Waals surface area contributed by atoms with Gasteiger partial charge in [0.15, 0.2) is 0 Å². The van der Waals surface area contributed by atoms with E-state index in [1.54, 1.807) is 0 Å². The molecule has 1 atom stereocenters. The highest BCUT2D eigenvalue weighted by Gasteiger charge is 2.32. The topological polar surface area (TPSA) is 21.3 Å². The largest absolute Gasteiger partial charge is 0.378 e. The Bertz CT molecular complexity index is 390. The van der Waals surface area contributed by atoms with Crippen LogP contribution in [0, 0.1) is 5.92 Å². The standard InChI is InChI=1S/C13H19Cl2NOS/c1-3-17-9-4-8(5-9)6-11(16-2)10-7-12(14)18-13(10)15/h7-9,11,16H,3-6H2,1-2H3. The fourth-order valence-electron chi connectivity index (χ4n) is 2.56. The Balaban J connectivity index is 1.89. The highest BCUT2D eigenvalue weighted by Crippen LogP contribution is 2.41. The number of hydrogen-bond acceptors (Lipinski definition) is 3. The van der Waals surface area contributed by atoms with E-state index >= 15 is 0 Å². The summed E-state index contributed by atoms with van der Waals surface area (Å²) in [5.41, 5.74) is 1.13. The van der Waals surface area contributed by atoms with E-state index in [1.807, 2.05) is 13.1 Å². The summed E-state index contributed by atoms with van der Waals surface area (Å²) in [7, 11) is 1.98. The number of thiophene rings is 1. The molecule has 5 heteroatoms. The average Bonchev–Trinajstić information content (AvgIpc) is 2.61. The summed E-state index contributed by atoms with van der Waals surface area (Å²) in [6.45, 7) is 2.87. The summed E-state index contributed by atoms with van der Waals surface area (Å²) in [6, 6.07) is 2.28. The molecule has 1 saturated carbocycles. The zero-order chi connectivity index (χ0) is 13.1. The van der Waals surface area contributed by atoms with Crippen molar-refractivity contribution in [3.05, 3.63) is 20.3 Å². The first-order chi connectivity index (χ1) is 8.63. The van der Waals surface area contributed by atoms with Gasteiger partial charge in [0.05, 0.1) is 14.8 Å². The van der Waals surface area contributed by atoms with Gasteiger partial charge in [-0.25, -0.2) is 0 Å². The maximum absolute atomic E-state index is 6.21. The molecule has 1 aromatic rings. The SMILES string of the molecule is CCOC1CC(CC(NC)c2cc(Cl)sc2Cl)C1. The molecule has 2 rings (SSSR count). The second-order valence-electron chi connectivity index (χ2n) is 4.77. The van der Waals surface area contributed by atoms with Crippen LogP contribution in [0.4, 0.5) is 0 Å². The fourth-order valence-corrected chi connectivity index (χ4v) is 4.14. The van der Waals surface area contributed by atoms with Gasteiger partial charge in [0, 0.05) is 18.2 Å². The van der Waals surface area contributed by atoms with Crippen molar-refractivity contribution in [1.82, 2.24) is 5.32 Å². The lowest BCUT2D eigenvalue weighted by atomic mass is 9.77. The van der Waals surface area contributed by atoms with Gasteiger partial charge in [-0.1, -0.05) is 23.2 Å². The first kappa shape index (κ1) is 14.6. The van der Waals surface area contributed by atoms with Gasteiger partial charge in [0.1, 0.15) is 0 Å². The summed E-state index contributed by atoms with van der Waals surface area (Å²) in [5, 5.41) is 3.34. The van der Waals surface area contributed by atoms with E-state index in [1.165, 1.54) is 24.2 Å². The summed E-state index contributed by atoms with van der Waals surface area (Å²) in [5.74, 6) is 0.730. The second-order valence-corrected chi connectivity index (χ2v) is 7.06. The van der Waals surface area contributed by atoms with Crippen LogP contribution in [-0.4, -0.2) is 19.8 Å². The van der Waals surface area contributed by atoms with E-state index in [2.05, 4.69) is 12.2 Å². The summed E-state index contributed by atoms with van der Waals surface area (Å²) >= 11 is 13.7. The Morgan fingerprint density at radius 2 is 2.22 bits per heavy atom. The first-order valence-electron chi connectivity index (χ1n) is 6.37. The van der Waals surface area contributed by atoms with Crippen LogP contribution in [0.3, 0.4) is 0 Å². The van der Waals surface area contributed by atoms with E-state index in [0.717, 1.165) is 33.2 Å². The molecule has 1 heterocycles. The Morgan fingerprint density at radius 3 is 2.72 bits per heavy atom. The molecule has 1 aromatic heterocycles. The number of nitrogens with one attached hydrogen (secondary N) is 1. The van der Waals surface area contributed by atoms with E-state index < -0.39 is 0 Å². The summed E-state index contributed by atoms with van der Waals surface area (Å²) in [4.78, 5) is 0. The molecule has 1 fully saturated rings. The highest BCUT2D eigenvalue weighted by molar-refractivity contribution is 7.20. The molecule has 0 saturated heterocycles. The fraction of sp³-hybridized carbons (Fsp3) is 0.692. The predicted octanol–water partition coefficient (Wildman–Crippen LogP) is 4.52. The zero-order valence-corrected chi connectivity index (χ0v) is 13.0. The number of rotatable bonds is 6. The third kappa shape index (κ3) is 3.40. The van der Waals surface area contributed by atoms with Crippen LogP contribution in [0.2, 0.25) is 8.67 Å². The molecule has 1 N–H and O–H groups in total. The van der Waals surface area contributed by atoms with Crippen molar-refractivity contribution in [2.75, 3.05) is 13.7 Å². The molecule has 1 aliphatic rings. The van der Waals surface area contributed by atoms with Gasteiger partial charge in [-0.2, -0.15) is 0 Å². The van der Waals surface area contributed by atoms with Gasteiger partial charge >= 0.3 is 0 Å². The first-order valence-corrected chi connectivity index (χ1v) is 7.94. The molecule has 0 spiro atoms. The van der Waals surface area contributed by atoms with Crippen LogP contribution in [0.1, 0.15) is 37.8 Å². The highest BCUT2D eigenvalue weighted by atomic mass is 35.5. The lowest BCUT2D eigenvalue weighted by molar-refractivity contribution is -0.0289. The third-order valence-electron chi connectivity index (χ3n) is 3.57. The molecular formula is C13H19Cl2NOS. The molecule has 18 heavy (non-hydrogen) atoms. The maximum Gasteiger partial charge on any atom is 0.0991 e. The monoisotopic (exact) mass is 307 g/mol. The number of hydrogen-bond donors (Lipinski definition) is 1. The molecule has 0 aromatic carbocycles. The average molecular weight is 308 g/mol.